The number of halogens is 1. The smallest absolute Gasteiger partial charge is 0.223 e. The third-order valence-corrected chi connectivity index (χ3v) is 4.56. The molecule has 2 aliphatic heterocycles. The van der Waals surface area contributed by atoms with Crippen molar-refractivity contribution >= 4 is 18.3 Å². The van der Waals surface area contributed by atoms with Gasteiger partial charge in [-0.1, -0.05) is 6.92 Å². The Hall–Kier alpha value is -1.14. The zero-order valence-electron chi connectivity index (χ0n) is 13.3. The number of nitrogens with zero attached hydrogens (tertiary/aromatic N) is 3. The van der Waals surface area contributed by atoms with Crippen molar-refractivity contribution < 1.29 is 4.79 Å². The van der Waals surface area contributed by atoms with Gasteiger partial charge in [-0.3, -0.25) is 4.79 Å². The van der Waals surface area contributed by atoms with Gasteiger partial charge in [-0.05, 0) is 32.7 Å². The summed E-state index contributed by atoms with van der Waals surface area (Å²) in [5.74, 6) is 2.34. The Morgan fingerprint density at radius 1 is 1.45 bits per heavy atom. The van der Waals surface area contributed by atoms with E-state index in [-0.39, 0.29) is 30.3 Å². The Morgan fingerprint density at radius 2 is 2.27 bits per heavy atom. The molecule has 3 atom stereocenters. The molecule has 0 aliphatic carbocycles. The van der Waals surface area contributed by atoms with Crippen LogP contribution >= 0.6 is 12.4 Å². The molecule has 1 aromatic heterocycles. The standard InChI is InChI=1S/C15H25N5O.ClH/c1-3-13-18-14-5-4-12(9-20(14)19-13)17-15(21)11-6-7-16-10(2)8-11;/h10-12,16H,3-9H2,1-2H3,(H,17,21);1H/t10-,11-,12?;/m0./s1. The first-order chi connectivity index (χ1) is 10.2. The van der Waals surface area contributed by atoms with Crippen LogP contribution in [0.5, 0.6) is 0 Å². The summed E-state index contributed by atoms with van der Waals surface area (Å²) in [5, 5.41) is 11.1. The van der Waals surface area contributed by atoms with E-state index in [1.54, 1.807) is 0 Å². The quantitative estimate of drug-likeness (QED) is 0.871. The molecule has 1 fully saturated rings. The molecular formula is C15H26ClN5O. The van der Waals surface area contributed by atoms with Crippen LogP contribution in [0.15, 0.2) is 0 Å². The van der Waals surface area contributed by atoms with Crippen LogP contribution in [0.1, 0.15) is 44.8 Å². The number of aryl methyl sites for hydroxylation is 2. The number of piperidine rings is 1. The first kappa shape index (κ1) is 17.2. The summed E-state index contributed by atoms with van der Waals surface area (Å²) in [6, 6.07) is 0.636. The number of carbonyl (C=O) groups excluding carboxylic acids is 1. The molecule has 2 aliphatic rings. The molecule has 124 valence electrons. The van der Waals surface area contributed by atoms with E-state index in [1.807, 2.05) is 4.68 Å². The summed E-state index contributed by atoms with van der Waals surface area (Å²) in [6.07, 6.45) is 4.61. The summed E-state index contributed by atoms with van der Waals surface area (Å²) >= 11 is 0. The average Bonchev–Trinajstić information content (AvgIpc) is 2.89. The highest BCUT2D eigenvalue weighted by Crippen LogP contribution is 2.18. The molecular weight excluding hydrogens is 302 g/mol. The molecule has 1 unspecified atom stereocenters. The van der Waals surface area contributed by atoms with Crippen molar-refractivity contribution in [3.8, 4) is 0 Å². The molecule has 1 amide bonds. The number of nitrogens with one attached hydrogen (secondary N) is 2. The van der Waals surface area contributed by atoms with Crippen LogP contribution in [0.4, 0.5) is 0 Å². The van der Waals surface area contributed by atoms with Crippen LogP contribution in [-0.4, -0.2) is 39.3 Å². The third kappa shape index (κ3) is 3.79. The van der Waals surface area contributed by atoms with Gasteiger partial charge < -0.3 is 10.6 Å². The highest BCUT2D eigenvalue weighted by molar-refractivity contribution is 5.85. The van der Waals surface area contributed by atoms with Gasteiger partial charge in [0.1, 0.15) is 5.82 Å². The fraction of sp³-hybridized carbons (Fsp3) is 0.800. The largest absolute Gasteiger partial charge is 0.351 e. The van der Waals surface area contributed by atoms with Crippen LogP contribution in [0, 0.1) is 5.92 Å². The zero-order chi connectivity index (χ0) is 14.8. The molecule has 6 nitrogen and oxygen atoms in total. The van der Waals surface area contributed by atoms with Gasteiger partial charge in [0.2, 0.25) is 5.91 Å². The first-order valence-electron chi connectivity index (χ1n) is 8.12. The molecule has 0 bridgehead atoms. The minimum Gasteiger partial charge on any atom is -0.351 e. The van der Waals surface area contributed by atoms with Crippen molar-refractivity contribution in [2.45, 2.75) is 64.6 Å². The minimum atomic E-state index is 0. The Kier molecular flexibility index (Phi) is 5.81. The van der Waals surface area contributed by atoms with Gasteiger partial charge in [0, 0.05) is 30.8 Å². The maximum absolute atomic E-state index is 12.4. The SMILES string of the molecule is CCc1nc2n(n1)CC(NC(=O)[C@H]1CCN[C@@H](C)C1)CC2.Cl. The van der Waals surface area contributed by atoms with Gasteiger partial charge in [-0.25, -0.2) is 9.67 Å². The monoisotopic (exact) mass is 327 g/mol. The van der Waals surface area contributed by atoms with Crippen LogP contribution in [0.3, 0.4) is 0 Å². The Morgan fingerprint density at radius 3 is 3.00 bits per heavy atom. The molecule has 1 saturated heterocycles. The van der Waals surface area contributed by atoms with E-state index in [9.17, 15) is 4.79 Å². The van der Waals surface area contributed by atoms with Gasteiger partial charge in [0.05, 0.1) is 6.54 Å². The lowest BCUT2D eigenvalue weighted by molar-refractivity contribution is -0.127. The van der Waals surface area contributed by atoms with Crippen LogP contribution in [0.25, 0.3) is 0 Å². The molecule has 0 saturated carbocycles. The number of hydrogen-bond donors (Lipinski definition) is 2. The van der Waals surface area contributed by atoms with E-state index < -0.39 is 0 Å². The van der Waals surface area contributed by atoms with Gasteiger partial charge in [-0.15, -0.1) is 12.4 Å². The topological polar surface area (TPSA) is 71.8 Å². The van der Waals surface area contributed by atoms with E-state index >= 15 is 0 Å². The minimum absolute atomic E-state index is 0. The summed E-state index contributed by atoms with van der Waals surface area (Å²) in [7, 11) is 0. The number of hydrogen-bond acceptors (Lipinski definition) is 4. The van der Waals surface area contributed by atoms with Crippen LogP contribution < -0.4 is 10.6 Å². The molecule has 0 radical (unpaired) electrons. The van der Waals surface area contributed by atoms with E-state index in [0.29, 0.717) is 6.04 Å². The highest BCUT2D eigenvalue weighted by atomic mass is 35.5. The van der Waals surface area contributed by atoms with E-state index in [1.165, 1.54) is 0 Å². The van der Waals surface area contributed by atoms with Crippen molar-refractivity contribution in [2.75, 3.05) is 6.54 Å². The zero-order valence-corrected chi connectivity index (χ0v) is 14.2. The summed E-state index contributed by atoms with van der Waals surface area (Å²) < 4.78 is 1.97. The first-order valence-corrected chi connectivity index (χ1v) is 8.12. The molecule has 1 aromatic rings. The summed E-state index contributed by atoms with van der Waals surface area (Å²) in [5.41, 5.74) is 0. The molecule has 0 spiro atoms. The fourth-order valence-corrected chi connectivity index (χ4v) is 3.32. The lowest BCUT2D eigenvalue weighted by Gasteiger charge is -2.30. The van der Waals surface area contributed by atoms with Gasteiger partial charge in [-0.2, -0.15) is 5.10 Å². The van der Waals surface area contributed by atoms with Crippen LogP contribution in [-0.2, 0) is 24.2 Å². The van der Waals surface area contributed by atoms with E-state index in [2.05, 4.69) is 34.6 Å². The predicted octanol–water partition coefficient (Wildman–Crippen LogP) is 1.08. The number of carbonyl (C=O) groups is 1. The lowest BCUT2D eigenvalue weighted by atomic mass is 9.92. The lowest BCUT2D eigenvalue weighted by Crippen LogP contribution is -2.47. The summed E-state index contributed by atoms with van der Waals surface area (Å²) in [4.78, 5) is 16.9. The van der Waals surface area contributed by atoms with Gasteiger partial charge in [0.15, 0.2) is 5.82 Å². The van der Waals surface area contributed by atoms with Crippen molar-refractivity contribution in [3.63, 3.8) is 0 Å². The number of fused-ring (bicyclic) bond motifs is 1. The maximum Gasteiger partial charge on any atom is 0.223 e. The third-order valence-electron chi connectivity index (χ3n) is 4.56. The Labute approximate surface area is 137 Å². The van der Waals surface area contributed by atoms with Crippen molar-refractivity contribution in [2.24, 2.45) is 5.92 Å². The predicted molar refractivity (Wildman–Crippen MR) is 87.1 cm³/mol. The van der Waals surface area contributed by atoms with Crippen molar-refractivity contribution in [3.05, 3.63) is 11.6 Å². The molecule has 7 heteroatoms. The molecule has 3 rings (SSSR count). The number of aromatic nitrogens is 3. The van der Waals surface area contributed by atoms with Gasteiger partial charge >= 0.3 is 0 Å². The van der Waals surface area contributed by atoms with Crippen molar-refractivity contribution in [1.82, 2.24) is 25.4 Å². The Bertz CT molecular complexity index is 518. The highest BCUT2D eigenvalue weighted by Gasteiger charge is 2.28. The number of rotatable bonds is 3. The molecule has 0 aromatic carbocycles. The van der Waals surface area contributed by atoms with Crippen molar-refractivity contribution in [1.29, 1.82) is 0 Å². The maximum atomic E-state index is 12.4. The fourth-order valence-electron chi connectivity index (χ4n) is 3.32. The summed E-state index contributed by atoms with van der Waals surface area (Å²) in [6.45, 7) is 5.92. The average molecular weight is 328 g/mol. The molecule has 22 heavy (non-hydrogen) atoms. The molecule has 2 N–H and O–H groups in total. The second kappa shape index (κ2) is 7.42. The number of amides is 1. The second-order valence-corrected chi connectivity index (χ2v) is 6.30. The van der Waals surface area contributed by atoms with E-state index in [0.717, 1.165) is 56.8 Å². The van der Waals surface area contributed by atoms with E-state index in [4.69, 9.17) is 0 Å². The Balaban J connectivity index is 0.00000176. The normalized spacial score (nSPS) is 27.6. The molecule has 3 heterocycles. The van der Waals surface area contributed by atoms with Gasteiger partial charge in [0.25, 0.3) is 0 Å². The van der Waals surface area contributed by atoms with Crippen LogP contribution in [0.2, 0.25) is 0 Å². The second-order valence-electron chi connectivity index (χ2n) is 6.30.